The summed E-state index contributed by atoms with van der Waals surface area (Å²) in [5.41, 5.74) is 5.39. The number of halogens is 3. The van der Waals surface area contributed by atoms with Crippen LogP contribution >= 0.6 is 11.8 Å². The van der Waals surface area contributed by atoms with Gasteiger partial charge in [0.2, 0.25) is 0 Å². The topological polar surface area (TPSA) is 29.3 Å². The summed E-state index contributed by atoms with van der Waals surface area (Å²) >= 11 is 1.68. The Bertz CT molecular complexity index is 177. The molecule has 1 fully saturated rings. The average molecular weight is 228 g/mol. The molecule has 0 saturated carbocycles. The summed E-state index contributed by atoms with van der Waals surface area (Å²) in [6.45, 7) is 1.18. The third kappa shape index (κ3) is 3.33. The van der Waals surface area contributed by atoms with Crippen LogP contribution < -0.4 is 5.73 Å². The molecule has 1 saturated heterocycles. The highest BCUT2D eigenvalue weighted by Gasteiger charge is 2.37. The van der Waals surface area contributed by atoms with Gasteiger partial charge in [-0.15, -0.1) is 0 Å². The summed E-state index contributed by atoms with van der Waals surface area (Å²) in [4.78, 5) is 1.47. The van der Waals surface area contributed by atoms with Crippen molar-refractivity contribution in [2.45, 2.75) is 25.2 Å². The average Bonchev–Trinajstić information content (AvgIpc) is 1.96. The third-order valence-electron chi connectivity index (χ3n) is 2.36. The molecule has 0 radical (unpaired) electrons. The van der Waals surface area contributed by atoms with Crippen molar-refractivity contribution in [2.24, 2.45) is 5.73 Å². The van der Waals surface area contributed by atoms with Crippen LogP contribution in [0.2, 0.25) is 0 Å². The number of thioether (sulfide) groups is 1. The molecule has 2 N–H and O–H groups in total. The highest BCUT2D eigenvalue weighted by molar-refractivity contribution is 8.00. The van der Waals surface area contributed by atoms with Crippen molar-refractivity contribution < 1.29 is 13.2 Å². The van der Waals surface area contributed by atoms with E-state index in [9.17, 15) is 13.2 Å². The Kier molecular flexibility index (Phi) is 4.09. The Labute approximate surface area is 86.0 Å². The number of nitrogens with two attached hydrogens (primary N) is 1. The summed E-state index contributed by atoms with van der Waals surface area (Å²) in [5.74, 6) is 1.58. The van der Waals surface area contributed by atoms with Gasteiger partial charge >= 0.3 is 6.18 Å². The Morgan fingerprint density at radius 1 is 1.50 bits per heavy atom. The first-order chi connectivity index (χ1) is 6.44. The summed E-state index contributed by atoms with van der Waals surface area (Å²) in [6, 6.07) is -0.136. The van der Waals surface area contributed by atoms with E-state index in [2.05, 4.69) is 0 Å². The van der Waals surface area contributed by atoms with Gasteiger partial charge in [-0.05, 0) is 6.92 Å². The van der Waals surface area contributed by atoms with Gasteiger partial charge in [-0.3, -0.25) is 4.90 Å². The van der Waals surface area contributed by atoms with E-state index in [1.54, 1.807) is 18.7 Å². The van der Waals surface area contributed by atoms with E-state index >= 15 is 0 Å². The molecule has 0 spiro atoms. The smallest absolute Gasteiger partial charge is 0.329 e. The van der Waals surface area contributed by atoms with Crippen molar-refractivity contribution in [3.05, 3.63) is 0 Å². The number of nitrogens with zero attached hydrogens (tertiary/aromatic N) is 1. The van der Waals surface area contributed by atoms with Gasteiger partial charge in [0, 0.05) is 30.1 Å². The van der Waals surface area contributed by atoms with Crippen LogP contribution in [-0.4, -0.2) is 47.8 Å². The minimum absolute atomic E-state index is 0.0557. The molecule has 0 amide bonds. The molecule has 0 aliphatic carbocycles. The quantitative estimate of drug-likeness (QED) is 0.786. The molecule has 2 nitrogen and oxygen atoms in total. The van der Waals surface area contributed by atoms with E-state index in [-0.39, 0.29) is 18.6 Å². The first-order valence-corrected chi connectivity index (χ1v) is 5.70. The molecule has 1 aliphatic heterocycles. The van der Waals surface area contributed by atoms with Gasteiger partial charge in [0.1, 0.15) is 0 Å². The summed E-state index contributed by atoms with van der Waals surface area (Å²) in [6.07, 6.45) is -4.12. The molecule has 14 heavy (non-hydrogen) atoms. The fourth-order valence-corrected chi connectivity index (χ4v) is 2.23. The number of alkyl halides is 3. The summed E-state index contributed by atoms with van der Waals surface area (Å²) in [7, 11) is 0. The molecule has 0 aromatic rings. The second-order valence-electron chi connectivity index (χ2n) is 3.56. The lowest BCUT2D eigenvalue weighted by atomic mass is 10.2. The Morgan fingerprint density at radius 3 is 2.36 bits per heavy atom. The van der Waals surface area contributed by atoms with Gasteiger partial charge < -0.3 is 5.73 Å². The molecule has 84 valence electrons. The Hall–Kier alpha value is 0.0600. The van der Waals surface area contributed by atoms with E-state index in [0.717, 1.165) is 11.5 Å². The number of hydrogen-bond donors (Lipinski definition) is 1. The van der Waals surface area contributed by atoms with E-state index in [4.69, 9.17) is 5.73 Å². The lowest BCUT2D eigenvalue weighted by molar-refractivity contribution is -0.153. The molecular weight excluding hydrogens is 213 g/mol. The maximum Gasteiger partial charge on any atom is 0.401 e. The molecule has 0 bridgehead atoms. The van der Waals surface area contributed by atoms with Crippen LogP contribution in [0.25, 0.3) is 0 Å². The Balaban J connectivity index is 2.52. The minimum Gasteiger partial charge on any atom is -0.329 e. The second kappa shape index (κ2) is 4.72. The van der Waals surface area contributed by atoms with E-state index < -0.39 is 12.7 Å². The lowest BCUT2D eigenvalue weighted by Crippen LogP contribution is -2.54. The minimum atomic E-state index is -4.12. The van der Waals surface area contributed by atoms with Crippen LogP contribution in [0.4, 0.5) is 13.2 Å². The molecule has 1 atom stereocenters. The van der Waals surface area contributed by atoms with Crippen LogP contribution in [0.5, 0.6) is 0 Å². The van der Waals surface area contributed by atoms with E-state index in [1.165, 1.54) is 4.90 Å². The van der Waals surface area contributed by atoms with Crippen molar-refractivity contribution in [3.63, 3.8) is 0 Å². The second-order valence-corrected chi connectivity index (χ2v) is 4.64. The highest BCUT2D eigenvalue weighted by atomic mass is 32.2. The zero-order valence-corrected chi connectivity index (χ0v) is 8.87. The lowest BCUT2D eigenvalue weighted by Gasteiger charge is -2.40. The summed E-state index contributed by atoms with van der Waals surface area (Å²) < 4.78 is 36.7. The van der Waals surface area contributed by atoms with Crippen LogP contribution in [-0.2, 0) is 0 Å². The monoisotopic (exact) mass is 228 g/mol. The van der Waals surface area contributed by atoms with Crippen molar-refractivity contribution in [2.75, 3.05) is 24.6 Å². The first-order valence-electron chi connectivity index (χ1n) is 4.54. The van der Waals surface area contributed by atoms with Crippen molar-refractivity contribution in [3.8, 4) is 0 Å². The van der Waals surface area contributed by atoms with Crippen LogP contribution in [0.1, 0.15) is 6.92 Å². The van der Waals surface area contributed by atoms with E-state index in [0.29, 0.717) is 0 Å². The van der Waals surface area contributed by atoms with Gasteiger partial charge in [-0.1, -0.05) is 0 Å². The summed E-state index contributed by atoms with van der Waals surface area (Å²) in [5, 5.41) is 0. The van der Waals surface area contributed by atoms with Gasteiger partial charge in [0.05, 0.1) is 6.54 Å². The predicted octanol–water partition coefficient (Wildman–Crippen LogP) is 1.31. The largest absolute Gasteiger partial charge is 0.401 e. The molecule has 1 heterocycles. The predicted molar refractivity (Wildman–Crippen MR) is 52.4 cm³/mol. The molecular formula is C8H15F3N2S. The van der Waals surface area contributed by atoms with Crippen LogP contribution in [0.15, 0.2) is 0 Å². The molecule has 1 aliphatic rings. The third-order valence-corrected chi connectivity index (χ3v) is 3.60. The molecule has 6 heteroatoms. The normalized spacial score (nSPS) is 21.0. The van der Waals surface area contributed by atoms with Gasteiger partial charge in [-0.2, -0.15) is 24.9 Å². The van der Waals surface area contributed by atoms with Crippen LogP contribution in [0, 0.1) is 0 Å². The number of rotatable bonds is 4. The first kappa shape index (κ1) is 12.1. The molecule has 0 aromatic heterocycles. The maximum atomic E-state index is 12.2. The van der Waals surface area contributed by atoms with Crippen molar-refractivity contribution in [1.29, 1.82) is 0 Å². The molecule has 1 rings (SSSR count). The number of hydrogen-bond acceptors (Lipinski definition) is 3. The molecule has 1 unspecified atom stereocenters. The van der Waals surface area contributed by atoms with E-state index in [1.807, 2.05) is 0 Å². The van der Waals surface area contributed by atoms with Gasteiger partial charge in [-0.25, -0.2) is 0 Å². The standard InChI is InChI=1S/C8H15F3N2S/c1-6(2-12)13(5-8(9,10)11)7-3-14-4-7/h6-7H,2-5,12H2,1H3. The van der Waals surface area contributed by atoms with Crippen LogP contribution in [0.3, 0.4) is 0 Å². The van der Waals surface area contributed by atoms with Gasteiger partial charge in [0.25, 0.3) is 0 Å². The zero-order chi connectivity index (χ0) is 10.8. The fourth-order valence-electron chi connectivity index (χ4n) is 1.40. The highest BCUT2D eigenvalue weighted by Crippen LogP contribution is 2.28. The van der Waals surface area contributed by atoms with Gasteiger partial charge in [0.15, 0.2) is 0 Å². The zero-order valence-electron chi connectivity index (χ0n) is 8.05. The Morgan fingerprint density at radius 2 is 2.07 bits per heavy atom. The maximum absolute atomic E-state index is 12.2. The molecule has 0 aromatic carbocycles. The van der Waals surface area contributed by atoms with Crippen molar-refractivity contribution >= 4 is 11.8 Å². The SMILES string of the molecule is CC(CN)N(CC(F)(F)F)C1CSC1. The van der Waals surface area contributed by atoms with Crippen molar-refractivity contribution in [1.82, 2.24) is 4.90 Å². The fraction of sp³-hybridized carbons (Fsp3) is 1.00.